The highest BCUT2D eigenvalue weighted by molar-refractivity contribution is 6.29. The highest BCUT2D eigenvalue weighted by atomic mass is 35.5. The molecule has 0 atom stereocenters. The second-order valence-electron chi connectivity index (χ2n) is 6.11. The van der Waals surface area contributed by atoms with Crippen LogP contribution in [0.1, 0.15) is 55.6 Å². The Morgan fingerprint density at radius 2 is 2.14 bits per heavy atom. The third-order valence-corrected chi connectivity index (χ3v) is 4.45. The van der Waals surface area contributed by atoms with E-state index in [0.717, 1.165) is 37.8 Å². The van der Waals surface area contributed by atoms with Gasteiger partial charge in [0.25, 0.3) is 5.91 Å². The number of aromatic nitrogens is 1. The van der Waals surface area contributed by atoms with Crippen molar-refractivity contribution in [1.82, 2.24) is 10.3 Å². The van der Waals surface area contributed by atoms with Crippen molar-refractivity contribution in [2.45, 2.75) is 51.6 Å². The van der Waals surface area contributed by atoms with Crippen LogP contribution in [-0.4, -0.2) is 28.1 Å². The van der Waals surface area contributed by atoms with Crippen LogP contribution in [0.3, 0.4) is 0 Å². The zero-order valence-electron chi connectivity index (χ0n) is 12.7. The summed E-state index contributed by atoms with van der Waals surface area (Å²) in [6.07, 6.45) is 4.22. The van der Waals surface area contributed by atoms with Gasteiger partial charge in [0.2, 0.25) is 0 Å². The van der Waals surface area contributed by atoms with Gasteiger partial charge in [0.15, 0.2) is 0 Å². The fourth-order valence-electron chi connectivity index (χ4n) is 2.69. The number of hydrogen-bond donors (Lipinski definition) is 2. The molecule has 1 aromatic heterocycles. The van der Waals surface area contributed by atoms with E-state index in [0.29, 0.717) is 23.2 Å². The summed E-state index contributed by atoms with van der Waals surface area (Å²) in [5.74, 6) is 0.452. The van der Waals surface area contributed by atoms with Crippen LogP contribution in [0.4, 0.5) is 0 Å². The van der Waals surface area contributed by atoms with Crippen molar-refractivity contribution in [3.05, 3.63) is 28.5 Å². The number of aliphatic hydroxyl groups is 1. The van der Waals surface area contributed by atoms with Crippen molar-refractivity contribution in [3.63, 3.8) is 0 Å². The van der Waals surface area contributed by atoms with Crippen LogP contribution in [-0.2, 0) is 6.42 Å². The molecule has 1 amide bonds. The molecule has 1 fully saturated rings. The lowest BCUT2D eigenvalue weighted by atomic mass is 9.79. The van der Waals surface area contributed by atoms with Crippen LogP contribution in [0.15, 0.2) is 12.1 Å². The van der Waals surface area contributed by atoms with E-state index in [-0.39, 0.29) is 5.91 Å². The van der Waals surface area contributed by atoms with Crippen LogP contribution >= 0.6 is 11.6 Å². The summed E-state index contributed by atoms with van der Waals surface area (Å²) < 4.78 is 0. The van der Waals surface area contributed by atoms with Gasteiger partial charge < -0.3 is 10.4 Å². The number of nitrogens with one attached hydrogen (secondary N) is 1. The summed E-state index contributed by atoms with van der Waals surface area (Å²) in [4.78, 5) is 16.3. The molecular formula is C16H23ClN2O2. The van der Waals surface area contributed by atoms with Gasteiger partial charge in [-0.1, -0.05) is 25.4 Å². The van der Waals surface area contributed by atoms with Crippen molar-refractivity contribution in [3.8, 4) is 0 Å². The molecule has 21 heavy (non-hydrogen) atoms. The number of amides is 1. The summed E-state index contributed by atoms with van der Waals surface area (Å²) in [6, 6.07) is 3.30. The molecule has 0 saturated heterocycles. The van der Waals surface area contributed by atoms with Gasteiger partial charge >= 0.3 is 0 Å². The zero-order valence-corrected chi connectivity index (χ0v) is 13.4. The van der Waals surface area contributed by atoms with E-state index >= 15 is 0 Å². The van der Waals surface area contributed by atoms with Crippen LogP contribution in [0.25, 0.3) is 0 Å². The molecule has 0 spiro atoms. The third kappa shape index (κ3) is 4.42. The average Bonchev–Trinajstić information content (AvgIpc) is 2.47. The Morgan fingerprint density at radius 1 is 1.48 bits per heavy atom. The Balaban J connectivity index is 1.97. The number of aryl methyl sites for hydroxylation is 1. The van der Waals surface area contributed by atoms with Gasteiger partial charge in [-0.05, 0) is 50.2 Å². The van der Waals surface area contributed by atoms with Crippen molar-refractivity contribution in [2.75, 3.05) is 6.54 Å². The predicted molar refractivity (Wildman–Crippen MR) is 83.5 cm³/mol. The smallest absolute Gasteiger partial charge is 0.251 e. The van der Waals surface area contributed by atoms with Gasteiger partial charge in [0.05, 0.1) is 5.60 Å². The van der Waals surface area contributed by atoms with E-state index in [2.05, 4.69) is 17.2 Å². The number of carbonyl (C=O) groups excluding carboxylic acids is 1. The maximum absolute atomic E-state index is 12.2. The molecule has 1 aliphatic carbocycles. The second kappa shape index (κ2) is 6.75. The first kappa shape index (κ1) is 16.2. The van der Waals surface area contributed by atoms with Crippen LogP contribution in [0.2, 0.25) is 5.15 Å². The summed E-state index contributed by atoms with van der Waals surface area (Å²) >= 11 is 5.92. The predicted octanol–water partition coefficient (Wildman–Crippen LogP) is 2.97. The number of halogens is 1. The highest BCUT2D eigenvalue weighted by Gasteiger charge is 2.32. The molecule has 0 radical (unpaired) electrons. The lowest BCUT2D eigenvalue weighted by molar-refractivity contribution is -0.00540. The van der Waals surface area contributed by atoms with Crippen LogP contribution in [0, 0.1) is 5.92 Å². The lowest BCUT2D eigenvalue weighted by Crippen LogP contribution is -2.45. The van der Waals surface area contributed by atoms with E-state index in [4.69, 9.17) is 11.6 Å². The fraction of sp³-hybridized carbons (Fsp3) is 0.625. The van der Waals surface area contributed by atoms with Gasteiger partial charge in [0, 0.05) is 17.8 Å². The summed E-state index contributed by atoms with van der Waals surface area (Å²) in [6.45, 7) is 4.45. The molecule has 1 aromatic rings. The number of carbonyl (C=O) groups is 1. The number of rotatable bonds is 4. The molecule has 2 rings (SSSR count). The molecule has 0 unspecified atom stereocenters. The standard InChI is InChI=1S/C16H23ClN2O2/c1-3-13-8-12(9-14(17)19-13)15(20)18-10-16(21)6-4-11(2)5-7-16/h8-9,11,21H,3-7,10H2,1-2H3,(H,18,20). The normalized spacial score (nSPS) is 25.6. The number of pyridine rings is 1. The molecule has 0 aliphatic heterocycles. The molecule has 0 aromatic carbocycles. The molecule has 1 heterocycles. The molecule has 1 saturated carbocycles. The van der Waals surface area contributed by atoms with Crippen molar-refractivity contribution in [2.24, 2.45) is 5.92 Å². The van der Waals surface area contributed by atoms with Gasteiger partial charge in [0.1, 0.15) is 5.15 Å². The zero-order chi connectivity index (χ0) is 15.5. The maximum Gasteiger partial charge on any atom is 0.251 e. The van der Waals surface area contributed by atoms with E-state index in [1.54, 1.807) is 12.1 Å². The molecule has 4 nitrogen and oxygen atoms in total. The third-order valence-electron chi connectivity index (χ3n) is 4.25. The van der Waals surface area contributed by atoms with Crippen molar-refractivity contribution >= 4 is 17.5 Å². The Bertz CT molecular complexity index is 511. The molecule has 116 valence electrons. The van der Waals surface area contributed by atoms with Crippen molar-refractivity contribution < 1.29 is 9.90 Å². The first-order valence-electron chi connectivity index (χ1n) is 7.59. The number of nitrogens with zero attached hydrogens (tertiary/aromatic N) is 1. The van der Waals surface area contributed by atoms with E-state index in [9.17, 15) is 9.90 Å². The molecule has 2 N–H and O–H groups in total. The summed E-state index contributed by atoms with van der Waals surface area (Å²) in [7, 11) is 0. The van der Waals surface area contributed by atoms with E-state index in [1.807, 2.05) is 6.92 Å². The monoisotopic (exact) mass is 310 g/mol. The molecule has 5 heteroatoms. The Morgan fingerprint density at radius 3 is 2.76 bits per heavy atom. The first-order valence-corrected chi connectivity index (χ1v) is 7.97. The minimum absolute atomic E-state index is 0.207. The van der Waals surface area contributed by atoms with Crippen LogP contribution in [0.5, 0.6) is 0 Å². The van der Waals surface area contributed by atoms with Gasteiger partial charge in [-0.3, -0.25) is 4.79 Å². The number of hydrogen-bond acceptors (Lipinski definition) is 3. The van der Waals surface area contributed by atoms with Crippen molar-refractivity contribution in [1.29, 1.82) is 0 Å². The van der Waals surface area contributed by atoms with Gasteiger partial charge in [-0.25, -0.2) is 4.98 Å². The quantitative estimate of drug-likeness (QED) is 0.840. The Labute approximate surface area is 130 Å². The average molecular weight is 311 g/mol. The van der Waals surface area contributed by atoms with E-state index in [1.165, 1.54) is 0 Å². The lowest BCUT2D eigenvalue weighted by Gasteiger charge is -2.34. The topological polar surface area (TPSA) is 62.2 Å². The van der Waals surface area contributed by atoms with Gasteiger partial charge in [-0.2, -0.15) is 0 Å². The molecule has 1 aliphatic rings. The minimum atomic E-state index is -0.771. The Kier molecular flexibility index (Phi) is 5.22. The molecular weight excluding hydrogens is 288 g/mol. The summed E-state index contributed by atoms with van der Waals surface area (Å²) in [5, 5.41) is 13.6. The molecule has 0 bridgehead atoms. The van der Waals surface area contributed by atoms with E-state index < -0.39 is 5.60 Å². The van der Waals surface area contributed by atoms with Gasteiger partial charge in [-0.15, -0.1) is 0 Å². The first-order chi connectivity index (χ1) is 9.92. The highest BCUT2D eigenvalue weighted by Crippen LogP contribution is 2.31. The fourth-order valence-corrected chi connectivity index (χ4v) is 2.91. The second-order valence-corrected chi connectivity index (χ2v) is 6.50. The SMILES string of the molecule is CCc1cc(C(=O)NCC2(O)CCC(C)CC2)cc(Cl)n1. The minimum Gasteiger partial charge on any atom is -0.388 e. The largest absolute Gasteiger partial charge is 0.388 e. The summed E-state index contributed by atoms with van der Waals surface area (Å²) in [5.41, 5.74) is 0.518. The maximum atomic E-state index is 12.2. The van der Waals surface area contributed by atoms with Crippen LogP contribution < -0.4 is 5.32 Å². The Hall–Kier alpha value is -1.13.